The third kappa shape index (κ3) is 5.61. The molecule has 0 aliphatic rings. The van der Waals surface area contributed by atoms with Crippen LogP contribution in [0.3, 0.4) is 0 Å². The summed E-state index contributed by atoms with van der Waals surface area (Å²) in [5.41, 5.74) is 7.42. The Hall–Kier alpha value is -3.84. The second kappa shape index (κ2) is 9.77. The Kier molecular flexibility index (Phi) is 6.44. The lowest BCUT2D eigenvalue weighted by Gasteiger charge is -2.12. The first kappa shape index (κ1) is 20.4. The van der Waals surface area contributed by atoms with Gasteiger partial charge < -0.3 is 9.88 Å². The van der Waals surface area contributed by atoms with Crippen LogP contribution in [0.15, 0.2) is 103 Å². The molecule has 3 aromatic carbocycles. The van der Waals surface area contributed by atoms with Crippen molar-refractivity contribution >= 4 is 28.7 Å². The third-order valence-electron chi connectivity index (χ3n) is 4.59. The number of thiocarbonyl (C=S) groups is 1. The molecule has 5 nitrogen and oxygen atoms in total. The minimum absolute atomic E-state index is 0.273. The van der Waals surface area contributed by atoms with Crippen LogP contribution in [-0.2, 0) is 6.54 Å². The van der Waals surface area contributed by atoms with E-state index in [-0.39, 0.29) is 10.9 Å². The highest BCUT2D eigenvalue weighted by Gasteiger charge is 2.07. The fourth-order valence-electron chi connectivity index (χ4n) is 3.07. The van der Waals surface area contributed by atoms with Crippen molar-refractivity contribution in [3.63, 3.8) is 0 Å². The second-order valence-corrected chi connectivity index (χ2v) is 7.22. The zero-order valence-electron chi connectivity index (χ0n) is 16.6. The molecule has 4 aromatic rings. The lowest BCUT2D eigenvalue weighted by atomic mass is 10.0. The zero-order chi connectivity index (χ0) is 21.5. The highest BCUT2D eigenvalue weighted by molar-refractivity contribution is 7.80. The largest absolute Gasteiger partial charge is 0.331 e. The summed E-state index contributed by atoms with van der Waals surface area (Å²) in [7, 11) is 0. The van der Waals surface area contributed by atoms with E-state index in [4.69, 9.17) is 12.2 Å². The summed E-state index contributed by atoms with van der Waals surface area (Å²) in [5.74, 6) is -0.337. The van der Waals surface area contributed by atoms with E-state index >= 15 is 0 Å². The average molecular weight is 430 g/mol. The number of halogens is 1. The third-order valence-corrected chi connectivity index (χ3v) is 4.79. The number of benzene rings is 3. The molecule has 0 fully saturated rings. The van der Waals surface area contributed by atoms with Crippen LogP contribution in [-0.4, -0.2) is 20.4 Å². The lowest BCUT2D eigenvalue weighted by molar-refractivity contribution is 0.628. The van der Waals surface area contributed by atoms with Gasteiger partial charge in [0.2, 0.25) is 0 Å². The molecule has 0 bridgehead atoms. The summed E-state index contributed by atoms with van der Waals surface area (Å²) in [4.78, 5) is 4.10. The molecule has 0 atom stereocenters. The first-order valence-electron chi connectivity index (χ1n) is 9.68. The Labute approximate surface area is 185 Å². The van der Waals surface area contributed by atoms with Gasteiger partial charge >= 0.3 is 0 Å². The van der Waals surface area contributed by atoms with E-state index in [9.17, 15) is 4.39 Å². The number of aromatic nitrogens is 2. The molecule has 154 valence electrons. The molecule has 0 aliphatic carbocycles. The number of hydrogen-bond donors (Lipinski definition) is 2. The maximum absolute atomic E-state index is 13.4. The van der Waals surface area contributed by atoms with Gasteiger partial charge in [0.25, 0.3) is 0 Å². The van der Waals surface area contributed by atoms with Crippen molar-refractivity contribution in [1.82, 2.24) is 15.0 Å². The lowest BCUT2D eigenvalue weighted by Crippen LogP contribution is -2.26. The number of hydrogen-bond acceptors (Lipinski definition) is 3. The fraction of sp³-hybridized carbons (Fsp3) is 0.0417. The van der Waals surface area contributed by atoms with Gasteiger partial charge in [-0.05, 0) is 47.1 Å². The van der Waals surface area contributed by atoms with Gasteiger partial charge in [-0.2, -0.15) is 5.10 Å². The molecule has 0 saturated heterocycles. The van der Waals surface area contributed by atoms with Crippen LogP contribution in [0.2, 0.25) is 0 Å². The first-order chi connectivity index (χ1) is 15.2. The van der Waals surface area contributed by atoms with Gasteiger partial charge in [-0.15, -0.1) is 0 Å². The van der Waals surface area contributed by atoms with Gasteiger partial charge in [-0.1, -0.05) is 60.7 Å². The highest BCUT2D eigenvalue weighted by Crippen LogP contribution is 2.20. The predicted molar refractivity (Wildman–Crippen MR) is 126 cm³/mol. The van der Waals surface area contributed by atoms with Gasteiger partial charge in [-0.25, -0.2) is 9.37 Å². The summed E-state index contributed by atoms with van der Waals surface area (Å²) >= 11 is 5.31. The van der Waals surface area contributed by atoms with E-state index in [1.54, 1.807) is 24.7 Å². The van der Waals surface area contributed by atoms with Crippen molar-refractivity contribution in [3.05, 3.63) is 109 Å². The van der Waals surface area contributed by atoms with E-state index in [2.05, 4.69) is 45.1 Å². The molecule has 0 amide bonds. The van der Waals surface area contributed by atoms with E-state index < -0.39 is 0 Å². The van der Waals surface area contributed by atoms with Gasteiger partial charge in [-0.3, -0.25) is 5.43 Å². The summed E-state index contributed by atoms with van der Waals surface area (Å²) in [5, 5.41) is 7.72. The van der Waals surface area contributed by atoms with Crippen LogP contribution >= 0.6 is 12.2 Å². The number of rotatable bonds is 6. The molecule has 4 rings (SSSR count). The Morgan fingerprint density at radius 1 is 0.968 bits per heavy atom. The van der Waals surface area contributed by atoms with E-state index in [0.29, 0.717) is 12.2 Å². The second-order valence-electron chi connectivity index (χ2n) is 6.81. The Morgan fingerprint density at radius 2 is 1.74 bits per heavy atom. The minimum Gasteiger partial charge on any atom is -0.331 e. The van der Waals surface area contributed by atoms with Crippen LogP contribution in [0, 0.1) is 5.82 Å². The first-order valence-corrected chi connectivity index (χ1v) is 10.1. The van der Waals surface area contributed by atoms with Crippen molar-refractivity contribution in [2.24, 2.45) is 5.10 Å². The van der Waals surface area contributed by atoms with Crippen molar-refractivity contribution in [1.29, 1.82) is 0 Å². The molecule has 1 heterocycles. The number of hydrazone groups is 1. The van der Waals surface area contributed by atoms with E-state index in [1.807, 2.05) is 41.1 Å². The minimum atomic E-state index is -0.337. The van der Waals surface area contributed by atoms with E-state index in [0.717, 1.165) is 22.4 Å². The quantitative estimate of drug-likeness (QED) is 0.255. The van der Waals surface area contributed by atoms with Crippen molar-refractivity contribution in [2.75, 3.05) is 5.32 Å². The standard InChI is InChI=1S/C24H20FN5S/c25-21-7-4-8-22(15-21)27-24(31)29-28-23(16-30-14-13-26-17-30)20-11-9-19(10-12-20)18-5-2-1-3-6-18/h1-15,17H,16H2,(H2,27,29,31)/b28-23-. The summed E-state index contributed by atoms with van der Waals surface area (Å²) < 4.78 is 15.3. The number of nitrogens with one attached hydrogen (secondary N) is 2. The van der Waals surface area contributed by atoms with Crippen LogP contribution < -0.4 is 10.7 Å². The molecule has 0 aliphatic heterocycles. The molecular weight excluding hydrogens is 409 g/mol. The van der Waals surface area contributed by atoms with Crippen LogP contribution in [0.5, 0.6) is 0 Å². The SMILES string of the molecule is Fc1cccc(NC(=S)N/N=C(/Cn2ccnc2)c2ccc(-c3ccccc3)cc2)c1. The zero-order valence-corrected chi connectivity index (χ0v) is 17.4. The molecule has 0 spiro atoms. The maximum atomic E-state index is 13.4. The normalized spacial score (nSPS) is 11.2. The van der Waals surface area contributed by atoms with Gasteiger partial charge in [0, 0.05) is 18.1 Å². The number of imidazole rings is 1. The van der Waals surface area contributed by atoms with Gasteiger partial charge in [0.15, 0.2) is 5.11 Å². The van der Waals surface area contributed by atoms with E-state index in [1.165, 1.54) is 12.1 Å². The van der Waals surface area contributed by atoms with Crippen molar-refractivity contribution in [2.45, 2.75) is 6.54 Å². The van der Waals surface area contributed by atoms with Gasteiger partial charge in [0.1, 0.15) is 5.82 Å². The van der Waals surface area contributed by atoms with Crippen LogP contribution in [0.1, 0.15) is 5.56 Å². The summed E-state index contributed by atoms with van der Waals surface area (Å²) in [6, 6.07) is 24.5. The topological polar surface area (TPSA) is 54.2 Å². The predicted octanol–water partition coefficient (Wildman–Crippen LogP) is 5.08. The molecular formula is C24H20FN5S. The van der Waals surface area contributed by atoms with Crippen molar-refractivity contribution < 1.29 is 4.39 Å². The molecule has 0 saturated carbocycles. The van der Waals surface area contributed by atoms with Crippen LogP contribution in [0.4, 0.5) is 10.1 Å². The summed E-state index contributed by atoms with van der Waals surface area (Å²) in [6.45, 7) is 0.514. The summed E-state index contributed by atoms with van der Waals surface area (Å²) in [6.07, 6.45) is 5.33. The molecule has 1 aromatic heterocycles. The number of anilines is 1. The van der Waals surface area contributed by atoms with Crippen molar-refractivity contribution in [3.8, 4) is 11.1 Å². The molecule has 7 heteroatoms. The fourth-order valence-corrected chi connectivity index (χ4v) is 3.24. The Bertz CT molecular complexity index is 1170. The molecule has 31 heavy (non-hydrogen) atoms. The molecule has 0 unspecified atom stereocenters. The van der Waals surface area contributed by atoms with Crippen LogP contribution in [0.25, 0.3) is 11.1 Å². The Morgan fingerprint density at radius 3 is 2.45 bits per heavy atom. The van der Waals surface area contributed by atoms with Gasteiger partial charge in [0.05, 0.1) is 18.6 Å². The maximum Gasteiger partial charge on any atom is 0.191 e. The number of nitrogens with zero attached hydrogens (tertiary/aromatic N) is 3. The average Bonchev–Trinajstić information content (AvgIpc) is 3.31. The highest BCUT2D eigenvalue weighted by atomic mass is 32.1. The molecule has 0 radical (unpaired) electrons. The Balaban J connectivity index is 1.53. The molecule has 2 N–H and O–H groups in total. The monoisotopic (exact) mass is 429 g/mol. The smallest absolute Gasteiger partial charge is 0.191 e.